The van der Waals surface area contributed by atoms with E-state index in [1.165, 1.54) is 32.1 Å². The average Bonchev–Trinajstić information content (AvgIpc) is 2.39. The summed E-state index contributed by atoms with van der Waals surface area (Å²) < 4.78 is 0. The van der Waals surface area contributed by atoms with E-state index in [4.69, 9.17) is 0 Å². The minimum Gasteiger partial charge on any atom is -0.392 e. The van der Waals surface area contributed by atoms with Crippen LogP contribution in [0.2, 0.25) is 0 Å². The van der Waals surface area contributed by atoms with Crippen molar-refractivity contribution < 1.29 is 9.90 Å². The second kappa shape index (κ2) is 4.37. The lowest BCUT2D eigenvalue weighted by Crippen LogP contribution is -2.73. The maximum Gasteiger partial charge on any atom is 0.141 e. The number of carbonyl (C=O) groups excluding carboxylic acids is 1. The maximum absolute atomic E-state index is 12.9. The molecule has 0 radical (unpaired) electrons. The molecule has 0 aromatic heterocycles. The molecule has 124 valence electrons. The van der Waals surface area contributed by atoms with Crippen LogP contribution < -0.4 is 0 Å². The molecule has 2 heteroatoms. The molecule has 1 N–H and O–H groups in total. The van der Waals surface area contributed by atoms with E-state index in [-0.39, 0.29) is 28.8 Å². The van der Waals surface area contributed by atoms with Gasteiger partial charge in [-0.2, -0.15) is 0 Å². The lowest BCUT2D eigenvalue weighted by molar-refractivity contribution is -0.274. The number of Topliss-reactive ketones (excluding diaryl/α,β-unsaturated/α-hetero) is 1. The summed E-state index contributed by atoms with van der Waals surface area (Å²) in [6, 6.07) is 0. The van der Waals surface area contributed by atoms with Gasteiger partial charge in [-0.25, -0.2) is 0 Å². The van der Waals surface area contributed by atoms with Crippen molar-refractivity contribution in [1.82, 2.24) is 0 Å². The van der Waals surface area contributed by atoms with E-state index in [0.717, 1.165) is 18.8 Å². The van der Waals surface area contributed by atoms with Crippen LogP contribution in [0.4, 0.5) is 0 Å². The van der Waals surface area contributed by atoms with Crippen LogP contribution in [0.3, 0.4) is 0 Å². The summed E-state index contributed by atoms with van der Waals surface area (Å²) in [6.45, 7) is 9.48. The Bertz CT molecular complexity index is 510. The van der Waals surface area contributed by atoms with Crippen molar-refractivity contribution in [2.75, 3.05) is 0 Å². The van der Waals surface area contributed by atoms with E-state index in [0.29, 0.717) is 17.1 Å². The van der Waals surface area contributed by atoms with Crippen LogP contribution in [0, 0.1) is 39.9 Å². The van der Waals surface area contributed by atoms with Crippen LogP contribution in [0.25, 0.3) is 0 Å². The third-order valence-corrected chi connectivity index (χ3v) is 8.74. The highest BCUT2D eigenvalue weighted by Gasteiger charge is 2.74. The van der Waals surface area contributed by atoms with Crippen molar-refractivity contribution in [2.24, 2.45) is 39.9 Å². The minimum atomic E-state index is -0.363. The summed E-state index contributed by atoms with van der Waals surface area (Å²) >= 11 is 0. The predicted octanol–water partition coefficient (Wildman–Crippen LogP) is 4.21. The van der Waals surface area contributed by atoms with Gasteiger partial charge in [0.1, 0.15) is 5.78 Å². The van der Waals surface area contributed by atoms with Gasteiger partial charge in [0, 0.05) is 5.92 Å². The molecule has 0 heterocycles. The Kier molecular flexibility index (Phi) is 3.02. The molecular weight excluding hydrogens is 272 g/mol. The normalized spacial score (nSPS) is 56.4. The van der Waals surface area contributed by atoms with E-state index >= 15 is 0 Å². The Morgan fingerprint density at radius 2 is 1.86 bits per heavy atom. The van der Waals surface area contributed by atoms with Crippen molar-refractivity contribution in [3.05, 3.63) is 0 Å². The van der Waals surface area contributed by atoms with Crippen LogP contribution in [-0.4, -0.2) is 17.0 Å². The first kappa shape index (κ1) is 15.2. The number of aliphatic hydroxyl groups excluding tert-OH is 1. The predicted molar refractivity (Wildman–Crippen MR) is 87.3 cm³/mol. The van der Waals surface area contributed by atoms with Crippen molar-refractivity contribution in [3.8, 4) is 0 Å². The van der Waals surface area contributed by atoms with Crippen molar-refractivity contribution in [1.29, 1.82) is 0 Å². The largest absolute Gasteiger partial charge is 0.392 e. The summed E-state index contributed by atoms with van der Waals surface area (Å²) in [5.74, 6) is 1.88. The molecule has 0 aromatic carbocycles. The van der Waals surface area contributed by atoms with Gasteiger partial charge in [-0.3, -0.25) is 4.79 Å². The Balaban J connectivity index is 1.82. The van der Waals surface area contributed by atoms with E-state index in [1.54, 1.807) is 0 Å². The zero-order chi connectivity index (χ0) is 15.9. The third kappa shape index (κ3) is 1.53. The topological polar surface area (TPSA) is 37.3 Å². The Morgan fingerprint density at radius 3 is 2.55 bits per heavy atom. The summed E-state index contributed by atoms with van der Waals surface area (Å²) in [5, 5.41) is 10.5. The fraction of sp³-hybridized carbons (Fsp3) is 0.950. The number of ketones is 1. The SMILES string of the molecule is CC1C[C@@H]2CC[C@H]3C(C)(C)CCC[C@]3(C)[C@]23CC(O)[C@@H]3C1=O. The summed E-state index contributed by atoms with van der Waals surface area (Å²) in [7, 11) is 0. The molecule has 2 unspecified atom stereocenters. The van der Waals surface area contributed by atoms with Crippen LogP contribution in [-0.2, 0) is 4.79 Å². The molecule has 4 saturated carbocycles. The molecule has 0 amide bonds. The smallest absolute Gasteiger partial charge is 0.141 e. The van der Waals surface area contributed by atoms with E-state index in [1.807, 2.05) is 0 Å². The van der Waals surface area contributed by atoms with Crippen LogP contribution >= 0.6 is 0 Å². The van der Waals surface area contributed by atoms with Crippen molar-refractivity contribution >= 4 is 5.78 Å². The standard InChI is InChI=1S/C20H32O2/c1-12-10-13-6-7-15-18(2,3)8-5-9-19(15,4)20(13)11-14(21)16(20)17(12)22/h12-16,21H,5-11H2,1-4H3/t12?,13-,14?,15-,16+,19-,20+/m0/s1. The minimum absolute atomic E-state index is 0.0528. The molecule has 22 heavy (non-hydrogen) atoms. The van der Waals surface area contributed by atoms with Crippen LogP contribution in [0.1, 0.15) is 72.6 Å². The molecule has 4 fully saturated rings. The number of aliphatic hydroxyl groups is 1. The fourth-order valence-electron chi connectivity index (χ4n) is 7.88. The van der Waals surface area contributed by atoms with Gasteiger partial charge in [0.2, 0.25) is 0 Å². The fourth-order valence-corrected chi connectivity index (χ4v) is 7.88. The highest BCUT2D eigenvalue weighted by molar-refractivity contribution is 5.87. The first-order valence-electron chi connectivity index (χ1n) is 9.46. The quantitative estimate of drug-likeness (QED) is 0.728. The molecule has 0 saturated heterocycles. The molecule has 0 aromatic rings. The molecule has 0 bridgehead atoms. The second-order valence-corrected chi connectivity index (χ2v) is 9.92. The number of hydrogen-bond acceptors (Lipinski definition) is 2. The van der Waals surface area contributed by atoms with Crippen LogP contribution in [0.15, 0.2) is 0 Å². The van der Waals surface area contributed by atoms with Crippen LogP contribution in [0.5, 0.6) is 0 Å². The average molecular weight is 304 g/mol. The number of hydrogen-bond donors (Lipinski definition) is 1. The first-order chi connectivity index (χ1) is 10.2. The second-order valence-electron chi connectivity index (χ2n) is 9.92. The summed E-state index contributed by atoms with van der Waals surface area (Å²) in [4.78, 5) is 12.9. The zero-order valence-corrected chi connectivity index (χ0v) is 14.7. The van der Waals surface area contributed by atoms with Gasteiger partial charge >= 0.3 is 0 Å². The monoisotopic (exact) mass is 304 g/mol. The van der Waals surface area contributed by atoms with Gasteiger partial charge in [-0.1, -0.05) is 34.1 Å². The molecule has 7 atom stereocenters. The number of carbonyl (C=O) groups is 1. The molecule has 1 spiro atoms. The highest BCUT2D eigenvalue weighted by atomic mass is 16.3. The van der Waals surface area contributed by atoms with E-state index < -0.39 is 0 Å². The summed E-state index contributed by atoms with van der Waals surface area (Å²) in [5.41, 5.74) is 0.776. The van der Waals surface area contributed by atoms with E-state index in [2.05, 4.69) is 27.7 Å². The highest BCUT2D eigenvalue weighted by Crippen LogP contribution is 2.76. The van der Waals surface area contributed by atoms with Gasteiger partial charge in [0.15, 0.2) is 0 Å². The molecule has 4 rings (SSSR count). The number of fused-ring (bicyclic) bond motifs is 1. The lowest BCUT2D eigenvalue weighted by Gasteiger charge is -2.74. The van der Waals surface area contributed by atoms with Crippen molar-refractivity contribution in [2.45, 2.75) is 78.7 Å². The molecular formula is C20H32O2. The number of rotatable bonds is 0. The molecule has 4 aliphatic rings. The Labute approximate surface area is 135 Å². The zero-order valence-electron chi connectivity index (χ0n) is 14.7. The third-order valence-electron chi connectivity index (χ3n) is 8.74. The van der Waals surface area contributed by atoms with Gasteiger partial charge in [0.25, 0.3) is 0 Å². The lowest BCUT2D eigenvalue weighted by atomic mass is 9.30. The molecule has 4 aliphatic carbocycles. The molecule has 2 nitrogen and oxygen atoms in total. The van der Waals surface area contributed by atoms with Gasteiger partial charge < -0.3 is 5.11 Å². The van der Waals surface area contributed by atoms with Gasteiger partial charge in [-0.15, -0.1) is 0 Å². The summed E-state index contributed by atoms with van der Waals surface area (Å²) in [6.07, 6.45) is 8.10. The van der Waals surface area contributed by atoms with Gasteiger partial charge in [0.05, 0.1) is 12.0 Å². The van der Waals surface area contributed by atoms with E-state index in [9.17, 15) is 9.90 Å². The maximum atomic E-state index is 12.9. The van der Waals surface area contributed by atoms with Gasteiger partial charge in [-0.05, 0) is 66.6 Å². The Hall–Kier alpha value is -0.370. The molecule has 0 aliphatic heterocycles. The first-order valence-corrected chi connectivity index (χ1v) is 9.46. The Morgan fingerprint density at radius 1 is 1.14 bits per heavy atom. The van der Waals surface area contributed by atoms with Crippen molar-refractivity contribution in [3.63, 3.8) is 0 Å².